The maximum absolute atomic E-state index is 11.7. The molecule has 102 valence electrons. The normalized spacial score (nSPS) is 18.1. The molecule has 1 fully saturated rings. The van der Waals surface area contributed by atoms with Crippen molar-refractivity contribution in [2.45, 2.75) is 12.5 Å². The third kappa shape index (κ3) is 2.78. The van der Waals surface area contributed by atoms with Crippen LogP contribution in [0.25, 0.3) is 0 Å². The first-order valence-electron chi connectivity index (χ1n) is 5.82. The van der Waals surface area contributed by atoms with Gasteiger partial charge in [0.15, 0.2) is 0 Å². The van der Waals surface area contributed by atoms with Gasteiger partial charge in [-0.2, -0.15) is 0 Å². The molecule has 1 aliphatic rings. The summed E-state index contributed by atoms with van der Waals surface area (Å²) in [4.78, 5) is 24.5. The molecule has 1 aromatic rings. The van der Waals surface area contributed by atoms with Crippen molar-refractivity contribution in [1.82, 2.24) is 0 Å². The number of benzene rings is 1. The Hall–Kier alpha value is -2.24. The molecule has 1 aliphatic heterocycles. The summed E-state index contributed by atoms with van der Waals surface area (Å²) in [5.41, 5.74) is 0.664. The van der Waals surface area contributed by atoms with Crippen molar-refractivity contribution < 1.29 is 23.8 Å². The second-order valence-corrected chi connectivity index (χ2v) is 4.08. The third-order valence-electron chi connectivity index (χ3n) is 2.94. The van der Waals surface area contributed by atoms with E-state index in [0.29, 0.717) is 11.4 Å². The van der Waals surface area contributed by atoms with Crippen molar-refractivity contribution in [3.63, 3.8) is 0 Å². The summed E-state index contributed by atoms with van der Waals surface area (Å²) in [5.74, 6) is 0.322. The zero-order valence-electron chi connectivity index (χ0n) is 10.8. The summed E-state index contributed by atoms with van der Waals surface area (Å²) in [6, 6.07) is 6.64. The van der Waals surface area contributed by atoms with Crippen LogP contribution in [0.3, 0.4) is 0 Å². The van der Waals surface area contributed by atoms with E-state index in [9.17, 15) is 9.59 Å². The Balaban J connectivity index is 2.18. The SMILES string of the molecule is COC(=O)C[C@H]1COC(=O)N1c1ccc(OC)cc1. The van der Waals surface area contributed by atoms with Gasteiger partial charge in [0.25, 0.3) is 0 Å². The van der Waals surface area contributed by atoms with E-state index in [1.165, 1.54) is 12.0 Å². The number of nitrogens with zero attached hydrogens (tertiary/aromatic N) is 1. The molecule has 0 bridgehead atoms. The fraction of sp³-hybridized carbons (Fsp3) is 0.385. The fourth-order valence-electron chi connectivity index (χ4n) is 1.95. The number of ether oxygens (including phenoxy) is 3. The predicted octanol–water partition coefficient (Wildman–Crippen LogP) is 1.58. The van der Waals surface area contributed by atoms with Gasteiger partial charge in [-0.3, -0.25) is 9.69 Å². The minimum Gasteiger partial charge on any atom is -0.497 e. The highest BCUT2D eigenvalue weighted by Gasteiger charge is 2.35. The molecule has 0 unspecified atom stereocenters. The van der Waals surface area contributed by atoms with E-state index < -0.39 is 6.09 Å². The molecule has 1 atom stereocenters. The van der Waals surface area contributed by atoms with Crippen molar-refractivity contribution in [2.75, 3.05) is 25.7 Å². The quantitative estimate of drug-likeness (QED) is 0.773. The maximum atomic E-state index is 11.7. The molecule has 0 radical (unpaired) electrons. The number of carbonyl (C=O) groups is 2. The van der Waals surface area contributed by atoms with Crippen molar-refractivity contribution in [3.05, 3.63) is 24.3 Å². The predicted molar refractivity (Wildman–Crippen MR) is 67.2 cm³/mol. The smallest absolute Gasteiger partial charge is 0.414 e. The molecule has 19 heavy (non-hydrogen) atoms. The third-order valence-corrected chi connectivity index (χ3v) is 2.94. The second kappa shape index (κ2) is 5.60. The van der Waals surface area contributed by atoms with Gasteiger partial charge in [0, 0.05) is 5.69 Å². The van der Waals surface area contributed by atoms with Gasteiger partial charge < -0.3 is 14.2 Å². The molecule has 2 rings (SSSR count). The Morgan fingerprint density at radius 1 is 1.37 bits per heavy atom. The van der Waals surface area contributed by atoms with E-state index in [0.717, 1.165) is 0 Å². The summed E-state index contributed by atoms with van der Waals surface area (Å²) in [6.07, 6.45) is -0.354. The molecule has 1 amide bonds. The van der Waals surface area contributed by atoms with E-state index >= 15 is 0 Å². The van der Waals surface area contributed by atoms with Crippen LogP contribution in [0.5, 0.6) is 5.75 Å². The van der Waals surface area contributed by atoms with Crippen molar-refractivity contribution in [1.29, 1.82) is 0 Å². The van der Waals surface area contributed by atoms with Gasteiger partial charge in [0.2, 0.25) is 0 Å². The van der Waals surface area contributed by atoms with Gasteiger partial charge in [-0.15, -0.1) is 0 Å². The van der Waals surface area contributed by atoms with Crippen LogP contribution in [-0.2, 0) is 14.3 Å². The molecule has 6 heteroatoms. The molecule has 0 aromatic heterocycles. The minimum absolute atomic E-state index is 0.105. The fourth-order valence-corrected chi connectivity index (χ4v) is 1.95. The van der Waals surface area contributed by atoms with E-state index in [2.05, 4.69) is 4.74 Å². The average molecular weight is 265 g/mol. The number of amides is 1. The number of methoxy groups -OCH3 is 2. The van der Waals surface area contributed by atoms with Gasteiger partial charge in [-0.25, -0.2) is 4.79 Å². The van der Waals surface area contributed by atoms with Gasteiger partial charge in [-0.1, -0.05) is 0 Å². The summed E-state index contributed by atoms with van der Waals surface area (Å²) in [5, 5.41) is 0. The summed E-state index contributed by atoms with van der Waals surface area (Å²) < 4.78 is 14.7. The van der Waals surface area contributed by atoms with Crippen LogP contribution in [0.1, 0.15) is 6.42 Å². The summed E-state index contributed by atoms with van der Waals surface area (Å²) in [6.45, 7) is 0.181. The second-order valence-electron chi connectivity index (χ2n) is 4.08. The molecule has 0 spiro atoms. The highest BCUT2D eigenvalue weighted by Crippen LogP contribution is 2.26. The topological polar surface area (TPSA) is 65.1 Å². The maximum Gasteiger partial charge on any atom is 0.414 e. The lowest BCUT2D eigenvalue weighted by molar-refractivity contribution is -0.141. The number of cyclic esters (lactones) is 1. The van der Waals surface area contributed by atoms with Crippen molar-refractivity contribution >= 4 is 17.7 Å². The molecule has 0 aliphatic carbocycles. The Morgan fingerprint density at radius 2 is 2.05 bits per heavy atom. The van der Waals surface area contributed by atoms with Crippen LogP contribution >= 0.6 is 0 Å². The van der Waals surface area contributed by atoms with Gasteiger partial charge >= 0.3 is 12.1 Å². The first-order chi connectivity index (χ1) is 9.15. The van der Waals surface area contributed by atoms with Crippen LogP contribution in [0, 0.1) is 0 Å². The molecule has 1 heterocycles. The van der Waals surface area contributed by atoms with Gasteiger partial charge in [0.1, 0.15) is 12.4 Å². The number of hydrogen-bond acceptors (Lipinski definition) is 5. The molecule has 1 saturated heterocycles. The Labute approximate surface area is 110 Å². The number of rotatable bonds is 4. The monoisotopic (exact) mass is 265 g/mol. The van der Waals surface area contributed by atoms with Crippen LogP contribution in [0.4, 0.5) is 10.5 Å². The average Bonchev–Trinajstić information content (AvgIpc) is 2.79. The molecule has 1 aromatic carbocycles. The van der Waals surface area contributed by atoms with E-state index in [4.69, 9.17) is 9.47 Å². The summed E-state index contributed by atoms with van der Waals surface area (Å²) >= 11 is 0. The van der Waals surface area contributed by atoms with Gasteiger partial charge in [0.05, 0.1) is 26.7 Å². The van der Waals surface area contributed by atoms with E-state index in [1.54, 1.807) is 31.4 Å². The zero-order chi connectivity index (χ0) is 13.8. The van der Waals surface area contributed by atoms with Gasteiger partial charge in [-0.05, 0) is 24.3 Å². The first kappa shape index (κ1) is 13.2. The highest BCUT2D eigenvalue weighted by atomic mass is 16.6. The van der Waals surface area contributed by atoms with Crippen LogP contribution in [0.2, 0.25) is 0 Å². The lowest BCUT2D eigenvalue weighted by atomic mass is 10.2. The molecular weight excluding hydrogens is 250 g/mol. The Morgan fingerprint density at radius 3 is 2.63 bits per heavy atom. The lowest BCUT2D eigenvalue weighted by Gasteiger charge is -2.20. The van der Waals surface area contributed by atoms with Crippen molar-refractivity contribution in [3.8, 4) is 5.75 Å². The Bertz CT molecular complexity index is 470. The standard InChI is InChI=1S/C13H15NO5/c1-17-11-5-3-9(4-6-11)14-10(7-12(15)18-2)8-19-13(14)16/h3-6,10H,7-8H2,1-2H3/t10-/m0/s1. The largest absolute Gasteiger partial charge is 0.497 e. The minimum atomic E-state index is -0.459. The van der Waals surface area contributed by atoms with E-state index in [-0.39, 0.29) is 25.0 Å². The lowest BCUT2D eigenvalue weighted by Crippen LogP contribution is -2.35. The molecule has 6 nitrogen and oxygen atoms in total. The van der Waals surface area contributed by atoms with Crippen LogP contribution in [-0.4, -0.2) is 38.9 Å². The first-order valence-corrected chi connectivity index (χ1v) is 5.82. The number of esters is 1. The Kier molecular flexibility index (Phi) is 3.89. The molecular formula is C13H15NO5. The van der Waals surface area contributed by atoms with Crippen LogP contribution in [0.15, 0.2) is 24.3 Å². The zero-order valence-corrected chi connectivity index (χ0v) is 10.8. The van der Waals surface area contributed by atoms with Crippen LogP contribution < -0.4 is 9.64 Å². The molecule has 0 N–H and O–H groups in total. The van der Waals surface area contributed by atoms with E-state index in [1.807, 2.05) is 0 Å². The highest BCUT2D eigenvalue weighted by molar-refractivity contribution is 5.91. The van der Waals surface area contributed by atoms with Crippen molar-refractivity contribution in [2.24, 2.45) is 0 Å². The number of anilines is 1. The molecule has 0 saturated carbocycles. The summed E-state index contributed by atoms with van der Waals surface area (Å²) in [7, 11) is 2.89. The number of hydrogen-bond donors (Lipinski definition) is 0. The number of carbonyl (C=O) groups excluding carboxylic acids is 2.